The number of nitrogens with one attached hydrogen (secondary N) is 1. The van der Waals surface area contributed by atoms with Gasteiger partial charge in [-0.15, -0.1) is 0 Å². The number of nitrogens with zero attached hydrogens (tertiary/aromatic N) is 3. The number of imidazole rings is 1. The molecule has 2 aromatic heterocycles. The van der Waals surface area contributed by atoms with Crippen molar-refractivity contribution in [1.82, 2.24) is 19.3 Å². The van der Waals surface area contributed by atoms with Crippen molar-refractivity contribution in [3.63, 3.8) is 0 Å². The van der Waals surface area contributed by atoms with Gasteiger partial charge in [-0.3, -0.25) is 4.79 Å². The van der Waals surface area contributed by atoms with Gasteiger partial charge in [-0.05, 0) is 12.1 Å². The van der Waals surface area contributed by atoms with Gasteiger partial charge in [0.05, 0.1) is 6.20 Å². The minimum atomic E-state index is -4.10. The summed E-state index contributed by atoms with van der Waals surface area (Å²) in [7, 11) is -4.10. The van der Waals surface area contributed by atoms with E-state index < -0.39 is 21.5 Å². The zero-order valence-electron chi connectivity index (χ0n) is 11.5. The van der Waals surface area contributed by atoms with Crippen LogP contribution >= 0.6 is 0 Å². The fourth-order valence-corrected chi connectivity index (χ4v) is 3.85. The average Bonchev–Trinajstić information content (AvgIpc) is 2.92. The van der Waals surface area contributed by atoms with E-state index in [0.29, 0.717) is 5.65 Å². The lowest BCUT2D eigenvalue weighted by molar-refractivity contribution is -0.147. The van der Waals surface area contributed by atoms with Crippen molar-refractivity contribution >= 4 is 21.6 Å². The van der Waals surface area contributed by atoms with Crippen LogP contribution in [0.2, 0.25) is 0 Å². The number of carbonyl (C=O) groups is 1. The molecule has 1 aliphatic heterocycles. The highest BCUT2D eigenvalue weighted by atomic mass is 32.2. The number of hydrogen-bond donors (Lipinski definition) is 2. The molecule has 0 aliphatic carbocycles. The Morgan fingerprint density at radius 3 is 2.82 bits per heavy atom. The van der Waals surface area contributed by atoms with Gasteiger partial charge in [-0.1, -0.05) is 0 Å². The van der Waals surface area contributed by atoms with Crippen molar-refractivity contribution in [3.05, 3.63) is 24.5 Å². The molecule has 3 heterocycles. The summed E-state index contributed by atoms with van der Waals surface area (Å²) in [6.45, 7) is 0.362. The summed E-state index contributed by atoms with van der Waals surface area (Å²) in [5.74, 6) is -1.22. The second-order valence-corrected chi connectivity index (χ2v) is 6.62. The van der Waals surface area contributed by atoms with Gasteiger partial charge in [0.2, 0.25) is 0 Å². The maximum Gasteiger partial charge on any atom is 0.325 e. The molecule has 0 unspecified atom stereocenters. The molecule has 10 heteroatoms. The van der Waals surface area contributed by atoms with E-state index in [0.717, 1.165) is 10.7 Å². The molecule has 3 rings (SSSR count). The minimum absolute atomic E-state index is 0.0612. The molecule has 0 aromatic carbocycles. The Kier molecular flexibility index (Phi) is 3.59. The summed E-state index contributed by atoms with van der Waals surface area (Å²) in [5.41, 5.74) is -1.21. The third-order valence-electron chi connectivity index (χ3n) is 3.61. The lowest BCUT2D eigenvalue weighted by Crippen LogP contribution is -2.57. The number of carboxylic acids is 1. The van der Waals surface area contributed by atoms with Crippen LogP contribution in [0.4, 0.5) is 0 Å². The maximum atomic E-state index is 12.6. The number of sulfonamides is 1. The Morgan fingerprint density at radius 2 is 2.14 bits per heavy atom. The molecule has 0 atom stereocenters. The molecule has 9 nitrogen and oxygen atoms in total. The molecular weight excluding hydrogens is 312 g/mol. The van der Waals surface area contributed by atoms with Gasteiger partial charge in [0.25, 0.3) is 10.0 Å². The zero-order valence-corrected chi connectivity index (χ0v) is 12.3. The number of fused-ring (bicyclic) bond motifs is 1. The Morgan fingerprint density at radius 1 is 1.41 bits per heavy atom. The van der Waals surface area contributed by atoms with Gasteiger partial charge in [0, 0.05) is 32.3 Å². The molecular formula is C12H14N4O5S. The predicted octanol–water partition coefficient (Wildman–Crippen LogP) is -0.359. The van der Waals surface area contributed by atoms with Gasteiger partial charge in [0.1, 0.15) is 5.54 Å². The van der Waals surface area contributed by atoms with Crippen LogP contribution in [0, 0.1) is 0 Å². The van der Waals surface area contributed by atoms with Crippen molar-refractivity contribution in [2.75, 3.05) is 13.2 Å². The number of aliphatic carboxylic acids is 1. The molecule has 118 valence electrons. The fraction of sp³-hybridized carbons (Fsp3) is 0.417. The van der Waals surface area contributed by atoms with Crippen molar-refractivity contribution in [3.8, 4) is 0 Å². The van der Waals surface area contributed by atoms with Gasteiger partial charge in [-0.25, -0.2) is 17.9 Å². The first kappa shape index (κ1) is 14.9. The predicted molar refractivity (Wildman–Crippen MR) is 73.7 cm³/mol. The Hall–Kier alpha value is -2.04. The summed E-state index contributed by atoms with van der Waals surface area (Å²) in [4.78, 5) is 15.5. The highest BCUT2D eigenvalue weighted by Crippen LogP contribution is 2.24. The van der Waals surface area contributed by atoms with Crippen molar-refractivity contribution in [2.45, 2.75) is 23.4 Å². The lowest BCUT2D eigenvalue weighted by Gasteiger charge is -2.33. The van der Waals surface area contributed by atoms with Crippen LogP contribution in [0.15, 0.2) is 29.6 Å². The highest BCUT2D eigenvalue weighted by Gasteiger charge is 2.44. The van der Waals surface area contributed by atoms with Crippen LogP contribution in [-0.4, -0.2) is 52.8 Å². The number of ether oxygens (including phenoxy) is 1. The standard InChI is InChI=1S/C12H14N4O5S/c17-11(18)12(3-6-21-7-4-12)15-22(19,20)10-8-13-9-2-1-5-14-16(9)10/h1-2,5,8,15H,3-4,6-7H2,(H,17,18). The second kappa shape index (κ2) is 5.30. The number of hydrogen-bond acceptors (Lipinski definition) is 6. The zero-order chi connectivity index (χ0) is 15.8. The molecule has 0 amide bonds. The number of carboxylic acid groups (broad SMARTS) is 1. The Bertz CT molecular complexity index is 810. The van der Waals surface area contributed by atoms with E-state index in [1.807, 2.05) is 0 Å². The molecule has 2 aromatic rings. The van der Waals surface area contributed by atoms with Gasteiger partial charge >= 0.3 is 5.97 Å². The quantitative estimate of drug-likeness (QED) is 0.786. The van der Waals surface area contributed by atoms with E-state index in [1.165, 1.54) is 6.20 Å². The molecule has 0 radical (unpaired) electrons. The first-order valence-electron chi connectivity index (χ1n) is 6.59. The van der Waals surface area contributed by atoms with E-state index in [4.69, 9.17) is 4.74 Å². The monoisotopic (exact) mass is 326 g/mol. The highest BCUT2D eigenvalue weighted by molar-refractivity contribution is 7.89. The molecule has 1 aliphatic rings. The molecule has 22 heavy (non-hydrogen) atoms. The summed E-state index contributed by atoms with van der Waals surface area (Å²) < 4.78 is 33.7. The molecule has 1 saturated heterocycles. The van der Waals surface area contributed by atoms with Crippen molar-refractivity contribution < 1.29 is 23.1 Å². The Balaban J connectivity index is 2.01. The number of rotatable bonds is 4. The lowest BCUT2D eigenvalue weighted by atomic mass is 9.92. The Labute approximate surface area is 126 Å². The SMILES string of the molecule is O=C(O)C1(NS(=O)(=O)c2cnc3cccnn23)CCOCC1. The summed E-state index contributed by atoms with van der Waals surface area (Å²) in [6.07, 6.45) is 2.70. The summed E-state index contributed by atoms with van der Waals surface area (Å²) in [6, 6.07) is 3.23. The molecule has 0 spiro atoms. The van der Waals surface area contributed by atoms with E-state index in [-0.39, 0.29) is 31.1 Å². The van der Waals surface area contributed by atoms with E-state index >= 15 is 0 Å². The summed E-state index contributed by atoms with van der Waals surface area (Å²) >= 11 is 0. The molecule has 0 bridgehead atoms. The van der Waals surface area contributed by atoms with Gasteiger partial charge in [-0.2, -0.15) is 9.82 Å². The van der Waals surface area contributed by atoms with Gasteiger partial charge in [0.15, 0.2) is 10.7 Å². The van der Waals surface area contributed by atoms with Crippen LogP contribution in [-0.2, 0) is 19.6 Å². The third kappa shape index (κ3) is 2.45. The maximum absolute atomic E-state index is 12.6. The van der Waals surface area contributed by atoms with Crippen molar-refractivity contribution in [2.24, 2.45) is 0 Å². The first-order valence-corrected chi connectivity index (χ1v) is 8.07. The topological polar surface area (TPSA) is 123 Å². The smallest absolute Gasteiger partial charge is 0.325 e. The normalized spacial score (nSPS) is 18.4. The molecule has 1 fully saturated rings. The van der Waals surface area contributed by atoms with E-state index in [2.05, 4.69) is 14.8 Å². The van der Waals surface area contributed by atoms with Crippen LogP contribution in [0.3, 0.4) is 0 Å². The molecule has 2 N–H and O–H groups in total. The largest absolute Gasteiger partial charge is 0.480 e. The molecule has 0 saturated carbocycles. The second-order valence-electron chi connectivity index (χ2n) is 5.00. The van der Waals surface area contributed by atoms with E-state index in [1.54, 1.807) is 12.1 Å². The van der Waals surface area contributed by atoms with Gasteiger partial charge < -0.3 is 9.84 Å². The third-order valence-corrected chi connectivity index (χ3v) is 5.10. The minimum Gasteiger partial charge on any atom is -0.480 e. The van der Waals surface area contributed by atoms with Crippen LogP contribution < -0.4 is 4.72 Å². The van der Waals surface area contributed by atoms with Crippen LogP contribution in [0.25, 0.3) is 5.65 Å². The summed E-state index contributed by atoms with van der Waals surface area (Å²) in [5, 5.41) is 13.2. The fourth-order valence-electron chi connectivity index (χ4n) is 2.38. The van der Waals surface area contributed by atoms with Crippen LogP contribution in [0.1, 0.15) is 12.8 Å². The number of aromatic nitrogens is 3. The first-order chi connectivity index (χ1) is 10.4. The van der Waals surface area contributed by atoms with Crippen molar-refractivity contribution in [1.29, 1.82) is 0 Å². The van der Waals surface area contributed by atoms with E-state index in [9.17, 15) is 18.3 Å². The average molecular weight is 326 g/mol. The van der Waals surface area contributed by atoms with Crippen LogP contribution in [0.5, 0.6) is 0 Å².